The van der Waals surface area contributed by atoms with Gasteiger partial charge in [0.2, 0.25) is 11.8 Å². The fourth-order valence-electron chi connectivity index (χ4n) is 3.05. The maximum Gasteiger partial charge on any atom is 0.307 e. The van der Waals surface area contributed by atoms with Crippen molar-refractivity contribution in [3.63, 3.8) is 0 Å². The topological polar surface area (TPSA) is 136 Å². The van der Waals surface area contributed by atoms with Gasteiger partial charge in [-0.2, -0.15) is 0 Å². The van der Waals surface area contributed by atoms with Crippen LogP contribution in [0.4, 0.5) is 0 Å². The number of esters is 2. The van der Waals surface area contributed by atoms with Crippen molar-refractivity contribution in [3.8, 4) is 0 Å². The molecule has 38 heavy (non-hydrogen) atoms. The van der Waals surface area contributed by atoms with Crippen LogP contribution in [0.3, 0.4) is 0 Å². The number of hydrogen-bond donors (Lipinski definition) is 2. The van der Waals surface area contributed by atoms with Gasteiger partial charge in [0.25, 0.3) is 0 Å². The molecule has 0 aliphatic carbocycles. The van der Waals surface area contributed by atoms with E-state index in [1.165, 1.54) is 0 Å². The average molecular weight is 547 g/mol. The van der Waals surface area contributed by atoms with Crippen LogP contribution < -0.4 is 10.6 Å². The van der Waals surface area contributed by atoms with Crippen LogP contribution in [0.2, 0.25) is 0 Å². The van der Waals surface area contributed by atoms with Crippen LogP contribution in [0.1, 0.15) is 52.4 Å². The van der Waals surface area contributed by atoms with Gasteiger partial charge in [0.15, 0.2) is 0 Å². The number of rotatable bonds is 24. The van der Waals surface area contributed by atoms with Crippen LogP contribution in [-0.4, -0.2) is 127 Å². The van der Waals surface area contributed by atoms with Gasteiger partial charge in [-0.05, 0) is 40.8 Å². The summed E-state index contributed by atoms with van der Waals surface area (Å²) in [5.74, 6) is -0.677. The smallest absolute Gasteiger partial charge is 0.307 e. The van der Waals surface area contributed by atoms with Gasteiger partial charge in [-0.25, -0.2) is 0 Å². The third-order valence-corrected chi connectivity index (χ3v) is 5.41. The van der Waals surface area contributed by atoms with E-state index < -0.39 is 0 Å². The molecule has 0 aromatic heterocycles. The zero-order chi connectivity index (χ0) is 28.6. The Bertz CT molecular complexity index is 663. The molecule has 0 bridgehead atoms. The Hall–Kier alpha value is -2.28. The van der Waals surface area contributed by atoms with Gasteiger partial charge in [-0.3, -0.25) is 19.2 Å². The molecule has 0 fully saturated rings. The minimum atomic E-state index is -0.293. The van der Waals surface area contributed by atoms with Gasteiger partial charge in [0, 0.05) is 59.2 Å². The van der Waals surface area contributed by atoms with Crippen molar-refractivity contribution >= 4 is 23.8 Å². The van der Waals surface area contributed by atoms with Crippen molar-refractivity contribution in [1.29, 1.82) is 0 Å². The normalized spacial score (nSPS) is 11.2. The molecule has 2 amide bonds. The SMILES string of the molecule is COCCNC(=O)CCN(C)CCC(=O)OCCCCOC(=O)CCN(C)CCC(=O)NCCOC(C)C. The molecular formula is C26H50N4O8. The molecule has 0 aliphatic rings. The van der Waals surface area contributed by atoms with E-state index in [0.29, 0.717) is 78.2 Å². The van der Waals surface area contributed by atoms with Crippen molar-refractivity contribution in [1.82, 2.24) is 20.4 Å². The van der Waals surface area contributed by atoms with E-state index in [4.69, 9.17) is 18.9 Å². The van der Waals surface area contributed by atoms with E-state index in [1.54, 1.807) is 7.11 Å². The lowest BCUT2D eigenvalue weighted by Crippen LogP contribution is -2.32. The Labute approximate surface area is 228 Å². The Morgan fingerprint density at radius 3 is 1.50 bits per heavy atom. The molecule has 0 rings (SSSR count). The summed E-state index contributed by atoms with van der Waals surface area (Å²) in [6, 6.07) is 0. The van der Waals surface area contributed by atoms with Crippen molar-refractivity contribution in [2.75, 3.05) is 86.9 Å². The Morgan fingerprint density at radius 2 is 1.08 bits per heavy atom. The highest BCUT2D eigenvalue weighted by molar-refractivity contribution is 5.76. The fourth-order valence-corrected chi connectivity index (χ4v) is 3.05. The Morgan fingerprint density at radius 1 is 0.658 bits per heavy atom. The van der Waals surface area contributed by atoms with E-state index in [9.17, 15) is 19.2 Å². The largest absolute Gasteiger partial charge is 0.466 e. The number of ether oxygens (including phenoxy) is 4. The molecule has 0 atom stereocenters. The highest BCUT2D eigenvalue weighted by atomic mass is 16.5. The first-order valence-electron chi connectivity index (χ1n) is 13.5. The quantitative estimate of drug-likeness (QED) is 0.131. The monoisotopic (exact) mass is 546 g/mol. The summed E-state index contributed by atoms with van der Waals surface area (Å²) in [6.07, 6.45) is 2.56. The standard InChI is InChI=1S/C26H50N4O8/c1-22(2)36-21-13-28-24(32)9-15-30(4)17-11-26(34)38-19-7-6-18-37-25(33)10-16-29(3)14-8-23(31)27-12-20-35-5/h22H,6-21H2,1-5H3,(H,27,31)(H,28,32). The molecule has 0 aromatic carbocycles. The summed E-state index contributed by atoms with van der Waals surface area (Å²) < 4.78 is 20.7. The molecule has 12 nitrogen and oxygen atoms in total. The number of nitrogens with one attached hydrogen (secondary N) is 2. The molecule has 12 heteroatoms. The Balaban J connectivity index is 3.66. The molecule has 0 saturated heterocycles. The van der Waals surface area contributed by atoms with Gasteiger partial charge in [-0.1, -0.05) is 0 Å². The fraction of sp³-hybridized carbons (Fsp3) is 0.846. The van der Waals surface area contributed by atoms with Crippen molar-refractivity contribution < 1.29 is 38.1 Å². The predicted molar refractivity (Wildman–Crippen MR) is 144 cm³/mol. The highest BCUT2D eigenvalue weighted by Gasteiger charge is 2.10. The van der Waals surface area contributed by atoms with E-state index in [1.807, 2.05) is 37.7 Å². The number of amides is 2. The lowest BCUT2D eigenvalue weighted by Gasteiger charge is -2.16. The summed E-state index contributed by atoms with van der Waals surface area (Å²) in [4.78, 5) is 51.1. The third kappa shape index (κ3) is 24.1. The minimum Gasteiger partial charge on any atom is -0.466 e. The minimum absolute atomic E-state index is 0.0436. The van der Waals surface area contributed by atoms with Crippen LogP contribution >= 0.6 is 0 Å². The number of methoxy groups -OCH3 is 1. The average Bonchev–Trinajstić information content (AvgIpc) is 2.88. The van der Waals surface area contributed by atoms with Crippen molar-refractivity contribution in [3.05, 3.63) is 0 Å². The highest BCUT2D eigenvalue weighted by Crippen LogP contribution is 1.99. The first-order chi connectivity index (χ1) is 18.1. The molecule has 0 aromatic rings. The predicted octanol–water partition coefficient (Wildman–Crippen LogP) is 0.581. The second-order valence-corrected chi connectivity index (χ2v) is 9.37. The van der Waals surface area contributed by atoms with Crippen LogP contribution in [-0.2, 0) is 38.1 Å². The number of carbonyl (C=O) groups excluding carboxylic acids is 4. The molecular weight excluding hydrogens is 496 g/mol. The maximum atomic E-state index is 11.9. The second kappa shape index (κ2) is 23.8. The van der Waals surface area contributed by atoms with Gasteiger partial charge in [-0.15, -0.1) is 0 Å². The summed E-state index contributed by atoms with van der Waals surface area (Å²) >= 11 is 0. The van der Waals surface area contributed by atoms with Crippen LogP contribution in [0, 0.1) is 0 Å². The number of unbranched alkanes of at least 4 members (excludes halogenated alkanes) is 1. The first-order valence-corrected chi connectivity index (χ1v) is 13.5. The van der Waals surface area contributed by atoms with E-state index in [-0.39, 0.29) is 55.9 Å². The van der Waals surface area contributed by atoms with Crippen molar-refractivity contribution in [2.45, 2.75) is 58.5 Å². The van der Waals surface area contributed by atoms with Gasteiger partial charge in [0.1, 0.15) is 0 Å². The summed E-state index contributed by atoms with van der Waals surface area (Å²) in [5, 5.41) is 5.56. The Kier molecular flexibility index (Phi) is 22.4. The number of hydrogen-bond acceptors (Lipinski definition) is 10. The van der Waals surface area contributed by atoms with E-state index in [0.717, 1.165) is 0 Å². The molecule has 0 aliphatic heterocycles. The van der Waals surface area contributed by atoms with E-state index in [2.05, 4.69) is 10.6 Å². The molecule has 0 radical (unpaired) electrons. The van der Waals surface area contributed by atoms with Crippen LogP contribution in [0.5, 0.6) is 0 Å². The molecule has 0 heterocycles. The number of carbonyl (C=O) groups is 4. The molecule has 0 unspecified atom stereocenters. The maximum absolute atomic E-state index is 11.9. The van der Waals surface area contributed by atoms with Crippen LogP contribution in [0.15, 0.2) is 0 Å². The van der Waals surface area contributed by atoms with Gasteiger partial charge in [0.05, 0.1) is 45.4 Å². The van der Waals surface area contributed by atoms with Crippen LogP contribution in [0.25, 0.3) is 0 Å². The first kappa shape index (κ1) is 35.7. The van der Waals surface area contributed by atoms with E-state index >= 15 is 0 Å². The molecule has 2 N–H and O–H groups in total. The third-order valence-electron chi connectivity index (χ3n) is 5.41. The summed E-state index contributed by atoms with van der Waals surface area (Å²) in [6.45, 7) is 8.50. The second-order valence-electron chi connectivity index (χ2n) is 9.37. The lowest BCUT2D eigenvalue weighted by atomic mass is 10.3. The summed E-state index contributed by atoms with van der Waals surface area (Å²) in [7, 11) is 5.29. The van der Waals surface area contributed by atoms with Crippen molar-refractivity contribution in [2.24, 2.45) is 0 Å². The van der Waals surface area contributed by atoms with Gasteiger partial charge >= 0.3 is 11.9 Å². The lowest BCUT2D eigenvalue weighted by molar-refractivity contribution is -0.146. The molecule has 0 spiro atoms. The number of nitrogens with zero attached hydrogens (tertiary/aromatic N) is 2. The molecule has 222 valence electrons. The zero-order valence-electron chi connectivity index (χ0n) is 24.1. The van der Waals surface area contributed by atoms with Gasteiger partial charge < -0.3 is 39.4 Å². The summed E-state index contributed by atoms with van der Waals surface area (Å²) in [5.41, 5.74) is 0. The molecule has 0 saturated carbocycles. The zero-order valence-corrected chi connectivity index (χ0v) is 24.1.